The maximum absolute atomic E-state index is 13.5. The van der Waals surface area contributed by atoms with E-state index in [-0.39, 0.29) is 23.4 Å². The maximum atomic E-state index is 13.5. The van der Waals surface area contributed by atoms with Crippen molar-refractivity contribution in [2.24, 2.45) is 0 Å². The van der Waals surface area contributed by atoms with Crippen LogP contribution in [-0.4, -0.2) is 42.0 Å². The van der Waals surface area contributed by atoms with Gasteiger partial charge in [0.25, 0.3) is 11.7 Å². The number of nitrogens with zero attached hydrogens (tertiary/aromatic N) is 1. The van der Waals surface area contributed by atoms with Crippen LogP contribution in [-0.2, 0) is 16.0 Å². The number of ketones is 1. The molecule has 1 aliphatic rings. The number of methoxy groups -OCH3 is 1. The molecular weight excluding hydrogens is 449 g/mol. The first-order chi connectivity index (χ1) is 16.9. The summed E-state index contributed by atoms with van der Waals surface area (Å²) in [7, 11) is 1.51. The number of aliphatic hydroxyl groups excluding tert-OH is 1. The molecule has 0 aliphatic carbocycles. The largest absolute Gasteiger partial charge is 0.507 e. The normalized spacial score (nSPS) is 17.0. The zero-order valence-corrected chi connectivity index (χ0v) is 19.5. The van der Waals surface area contributed by atoms with Crippen LogP contribution >= 0.6 is 0 Å². The molecule has 1 aliphatic heterocycles. The average molecular weight is 476 g/mol. The Bertz CT molecular complexity index is 1250. The Morgan fingerprint density at radius 3 is 2.37 bits per heavy atom. The first-order valence-electron chi connectivity index (χ1n) is 11.3. The van der Waals surface area contributed by atoms with Crippen molar-refractivity contribution < 1.29 is 28.6 Å². The van der Waals surface area contributed by atoms with E-state index in [4.69, 9.17) is 9.47 Å². The number of hydrogen-bond acceptors (Lipinski definition) is 5. The highest BCUT2D eigenvalue weighted by atomic mass is 19.1. The summed E-state index contributed by atoms with van der Waals surface area (Å²) in [6.45, 7) is 2.55. The van der Waals surface area contributed by atoms with Gasteiger partial charge in [0.05, 0.1) is 25.3 Å². The van der Waals surface area contributed by atoms with Gasteiger partial charge in [-0.25, -0.2) is 4.39 Å². The van der Waals surface area contributed by atoms with Gasteiger partial charge in [-0.3, -0.25) is 9.59 Å². The molecule has 7 heteroatoms. The summed E-state index contributed by atoms with van der Waals surface area (Å²) in [4.78, 5) is 27.8. The number of carbonyl (C=O) groups excluding carboxylic acids is 2. The summed E-state index contributed by atoms with van der Waals surface area (Å²) >= 11 is 0. The number of amides is 1. The molecule has 0 spiro atoms. The van der Waals surface area contributed by atoms with Crippen molar-refractivity contribution in [3.63, 3.8) is 0 Å². The van der Waals surface area contributed by atoms with E-state index in [1.807, 2.05) is 37.3 Å². The highest BCUT2D eigenvalue weighted by Gasteiger charge is 2.46. The molecule has 35 heavy (non-hydrogen) atoms. The minimum atomic E-state index is -0.853. The quantitative estimate of drug-likeness (QED) is 0.285. The smallest absolute Gasteiger partial charge is 0.295 e. The first kappa shape index (κ1) is 24.0. The Morgan fingerprint density at radius 1 is 1.00 bits per heavy atom. The van der Waals surface area contributed by atoms with Crippen molar-refractivity contribution in [1.82, 2.24) is 4.90 Å². The lowest BCUT2D eigenvalue weighted by molar-refractivity contribution is -0.139. The van der Waals surface area contributed by atoms with E-state index in [0.29, 0.717) is 30.1 Å². The molecule has 0 bridgehead atoms. The number of rotatable bonds is 8. The van der Waals surface area contributed by atoms with Crippen molar-refractivity contribution in [1.29, 1.82) is 0 Å². The van der Waals surface area contributed by atoms with Gasteiger partial charge in [0.15, 0.2) is 11.5 Å². The molecule has 1 amide bonds. The standard InChI is InChI=1S/C28H26FNO5/c1-3-35-22-14-11-20(17-23(22)34-2)25-24(26(31)19-9-12-21(29)13-10-19)27(32)28(33)30(25)16-15-18-7-5-4-6-8-18/h4-14,17,25,31H,3,15-16H2,1-2H3/b26-24+. The Labute approximate surface area is 203 Å². The molecule has 3 aromatic rings. The van der Waals surface area contributed by atoms with Gasteiger partial charge < -0.3 is 19.5 Å². The Morgan fingerprint density at radius 2 is 1.71 bits per heavy atom. The van der Waals surface area contributed by atoms with Crippen LogP contribution in [0, 0.1) is 5.82 Å². The highest BCUT2D eigenvalue weighted by molar-refractivity contribution is 6.46. The summed E-state index contributed by atoms with van der Waals surface area (Å²) in [5.41, 5.74) is 1.79. The Hall–Kier alpha value is -4.13. The molecular formula is C28H26FNO5. The molecule has 0 aromatic heterocycles. The number of Topliss-reactive ketones (excluding diaryl/α,β-unsaturated/α-hetero) is 1. The van der Waals surface area contributed by atoms with Crippen LogP contribution in [0.4, 0.5) is 4.39 Å². The lowest BCUT2D eigenvalue weighted by atomic mass is 9.94. The Balaban J connectivity index is 1.81. The molecule has 1 N–H and O–H groups in total. The van der Waals surface area contributed by atoms with Crippen LogP contribution < -0.4 is 9.47 Å². The maximum Gasteiger partial charge on any atom is 0.295 e. The lowest BCUT2D eigenvalue weighted by Crippen LogP contribution is -2.31. The second-order valence-electron chi connectivity index (χ2n) is 8.08. The summed E-state index contributed by atoms with van der Waals surface area (Å²) < 4.78 is 24.5. The number of benzene rings is 3. The van der Waals surface area contributed by atoms with Gasteiger partial charge in [-0.2, -0.15) is 0 Å². The SMILES string of the molecule is CCOc1ccc(C2/C(=C(\O)c3ccc(F)cc3)C(=O)C(=O)N2CCc2ccccc2)cc1OC. The molecule has 1 fully saturated rings. The van der Waals surface area contributed by atoms with Crippen molar-refractivity contribution >= 4 is 17.4 Å². The molecule has 1 saturated heterocycles. The van der Waals surface area contributed by atoms with Gasteiger partial charge >= 0.3 is 0 Å². The highest BCUT2D eigenvalue weighted by Crippen LogP contribution is 2.42. The van der Waals surface area contributed by atoms with Crippen LogP contribution in [0.15, 0.2) is 78.4 Å². The van der Waals surface area contributed by atoms with Crippen LogP contribution in [0.5, 0.6) is 11.5 Å². The fourth-order valence-corrected chi connectivity index (χ4v) is 4.24. The fraction of sp³-hybridized carbons (Fsp3) is 0.214. The van der Waals surface area contributed by atoms with Gasteiger partial charge in [-0.15, -0.1) is 0 Å². The van der Waals surface area contributed by atoms with Crippen LogP contribution in [0.3, 0.4) is 0 Å². The predicted octanol–water partition coefficient (Wildman–Crippen LogP) is 4.90. The molecule has 6 nitrogen and oxygen atoms in total. The zero-order chi connectivity index (χ0) is 24.9. The monoisotopic (exact) mass is 475 g/mol. The topological polar surface area (TPSA) is 76.1 Å². The molecule has 180 valence electrons. The second kappa shape index (κ2) is 10.4. The second-order valence-corrected chi connectivity index (χ2v) is 8.08. The van der Waals surface area contributed by atoms with Crippen molar-refractivity contribution in [3.8, 4) is 11.5 Å². The first-order valence-corrected chi connectivity index (χ1v) is 11.3. The summed E-state index contributed by atoms with van der Waals surface area (Å²) in [6.07, 6.45) is 0.523. The Kier molecular flexibility index (Phi) is 7.15. The molecule has 0 saturated carbocycles. The molecule has 4 rings (SSSR count). The zero-order valence-electron chi connectivity index (χ0n) is 19.5. The van der Waals surface area contributed by atoms with Crippen molar-refractivity contribution in [3.05, 3.63) is 101 Å². The van der Waals surface area contributed by atoms with Gasteiger partial charge in [-0.05, 0) is 60.9 Å². The minimum absolute atomic E-state index is 0.0547. The van der Waals surface area contributed by atoms with E-state index in [0.717, 1.165) is 5.56 Å². The summed E-state index contributed by atoms with van der Waals surface area (Å²) in [5.74, 6) is -1.36. The third kappa shape index (κ3) is 4.89. The van der Waals surface area contributed by atoms with E-state index < -0.39 is 23.5 Å². The van der Waals surface area contributed by atoms with Crippen LogP contribution in [0.1, 0.15) is 29.7 Å². The molecule has 1 heterocycles. The third-order valence-corrected chi connectivity index (χ3v) is 5.95. The third-order valence-electron chi connectivity index (χ3n) is 5.95. The number of hydrogen-bond donors (Lipinski definition) is 1. The van der Waals surface area contributed by atoms with E-state index in [1.165, 1.54) is 36.3 Å². The lowest BCUT2D eigenvalue weighted by Gasteiger charge is -2.26. The van der Waals surface area contributed by atoms with Crippen molar-refractivity contribution in [2.75, 3.05) is 20.3 Å². The van der Waals surface area contributed by atoms with Crippen LogP contribution in [0.25, 0.3) is 5.76 Å². The van der Waals surface area contributed by atoms with Gasteiger partial charge in [0.1, 0.15) is 11.6 Å². The van der Waals surface area contributed by atoms with Gasteiger partial charge in [0, 0.05) is 12.1 Å². The minimum Gasteiger partial charge on any atom is -0.507 e. The van der Waals surface area contributed by atoms with E-state index in [1.54, 1.807) is 18.2 Å². The average Bonchev–Trinajstić information content (AvgIpc) is 3.13. The van der Waals surface area contributed by atoms with Gasteiger partial charge in [-0.1, -0.05) is 36.4 Å². The van der Waals surface area contributed by atoms with E-state index in [2.05, 4.69) is 0 Å². The fourth-order valence-electron chi connectivity index (χ4n) is 4.24. The van der Waals surface area contributed by atoms with Crippen LogP contribution in [0.2, 0.25) is 0 Å². The number of likely N-dealkylation sites (tertiary alicyclic amines) is 1. The van der Waals surface area contributed by atoms with Crippen molar-refractivity contribution in [2.45, 2.75) is 19.4 Å². The van der Waals surface area contributed by atoms with E-state index >= 15 is 0 Å². The predicted molar refractivity (Wildman–Crippen MR) is 130 cm³/mol. The number of ether oxygens (including phenoxy) is 2. The number of halogens is 1. The van der Waals surface area contributed by atoms with Gasteiger partial charge in [0.2, 0.25) is 0 Å². The molecule has 1 atom stereocenters. The molecule has 0 radical (unpaired) electrons. The number of carbonyl (C=O) groups is 2. The summed E-state index contributed by atoms with van der Waals surface area (Å²) in [5, 5.41) is 11.1. The van der Waals surface area contributed by atoms with E-state index in [9.17, 15) is 19.1 Å². The molecule has 1 unspecified atom stereocenters. The molecule has 3 aromatic carbocycles. The summed E-state index contributed by atoms with van der Waals surface area (Å²) in [6, 6.07) is 19.1. The number of aliphatic hydroxyl groups is 1.